The molecule has 11 heteroatoms. The summed E-state index contributed by atoms with van der Waals surface area (Å²) in [7, 11) is 0. The Hall–Kier alpha value is -6.88. The Balaban J connectivity index is 0.895. The molecule has 2 aliphatic rings. The molecule has 0 spiro atoms. The summed E-state index contributed by atoms with van der Waals surface area (Å²) in [4.78, 5) is 57.2. The maximum absolute atomic E-state index is 15.4. The number of hydrogen-bond acceptors (Lipinski definition) is 5. The lowest BCUT2D eigenvalue weighted by Gasteiger charge is -2.34. The van der Waals surface area contributed by atoms with Gasteiger partial charge in [-0.1, -0.05) is 121 Å². The van der Waals surface area contributed by atoms with Crippen molar-refractivity contribution in [3.05, 3.63) is 178 Å². The van der Waals surface area contributed by atoms with Gasteiger partial charge in [-0.15, -0.1) is 0 Å². The minimum Gasteiger partial charge on any atom is -0.390 e. The molecule has 2 amide bonds. The number of rotatable bonds is 13. The Morgan fingerprint density at radius 2 is 1.25 bits per heavy atom. The summed E-state index contributed by atoms with van der Waals surface area (Å²) in [6.45, 7) is 2.16. The molecule has 2 aliphatic carbocycles. The molecule has 0 N–H and O–H groups in total. The average Bonchev–Trinajstić information content (AvgIpc) is 3.78. The van der Waals surface area contributed by atoms with Crippen LogP contribution in [0.15, 0.2) is 133 Å². The lowest BCUT2D eigenvalue weighted by Crippen LogP contribution is -2.42. The van der Waals surface area contributed by atoms with Gasteiger partial charge >= 0.3 is 11.9 Å². The topological polar surface area (TPSA) is 93.9 Å². The van der Waals surface area contributed by atoms with Gasteiger partial charge in [0.25, 0.3) is 5.91 Å². The first kappa shape index (κ1) is 42.4. The molecule has 0 aliphatic heterocycles. The second kappa shape index (κ2) is 18.1. The third-order valence-corrected chi connectivity index (χ3v) is 13.2. The molecule has 2 unspecified atom stereocenters. The molecule has 0 radical (unpaired) electrons. The summed E-state index contributed by atoms with van der Waals surface area (Å²) in [5, 5.41) is 2.14. The van der Waals surface area contributed by atoms with Crippen LogP contribution in [0, 0.1) is 17.2 Å². The van der Waals surface area contributed by atoms with E-state index in [9.17, 15) is 23.6 Å². The van der Waals surface area contributed by atoms with Crippen molar-refractivity contribution in [2.24, 2.45) is 11.3 Å². The van der Waals surface area contributed by atoms with Crippen molar-refractivity contribution >= 4 is 45.6 Å². The van der Waals surface area contributed by atoms with Crippen molar-refractivity contribution in [1.29, 1.82) is 0 Å². The minimum atomic E-state index is -0.986. The highest BCUT2D eigenvalue weighted by Crippen LogP contribution is 2.42. The molecule has 2 aromatic heterocycles. The number of benzene rings is 5. The zero-order valence-electron chi connectivity index (χ0n) is 35.9. The van der Waals surface area contributed by atoms with Crippen molar-refractivity contribution < 1.29 is 32.8 Å². The van der Waals surface area contributed by atoms with E-state index in [0.29, 0.717) is 68.7 Å². The molecule has 5 aromatic carbocycles. The van der Waals surface area contributed by atoms with Gasteiger partial charge in [0.15, 0.2) is 0 Å². The first-order chi connectivity index (χ1) is 31.0. The van der Waals surface area contributed by atoms with Crippen LogP contribution in [0.25, 0.3) is 21.8 Å². The van der Waals surface area contributed by atoms with Gasteiger partial charge in [0.2, 0.25) is 5.91 Å². The zero-order valence-corrected chi connectivity index (χ0v) is 35.9. The van der Waals surface area contributed by atoms with Gasteiger partial charge in [0, 0.05) is 52.2 Å². The van der Waals surface area contributed by atoms with Crippen LogP contribution in [0.3, 0.4) is 0 Å². The molecule has 9 rings (SSSR count). The lowest BCUT2D eigenvalue weighted by atomic mass is 9.73. The maximum atomic E-state index is 15.4. The summed E-state index contributed by atoms with van der Waals surface area (Å²) in [5.41, 5.74) is 6.88. The summed E-state index contributed by atoms with van der Waals surface area (Å²) in [5.74, 6) is -2.53. The summed E-state index contributed by atoms with van der Waals surface area (Å²) >= 11 is 0. The monoisotopic (exact) mass is 860 g/mol. The highest BCUT2D eigenvalue weighted by molar-refractivity contribution is 5.93. The van der Waals surface area contributed by atoms with Crippen LogP contribution < -0.4 is 0 Å². The summed E-state index contributed by atoms with van der Waals surface area (Å²) in [6.07, 6.45) is 3.27. The molecule has 7 aromatic rings. The third kappa shape index (κ3) is 8.71. The van der Waals surface area contributed by atoms with Crippen LogP contribution in [0.5, 0.6) is 0 Å². The van der Waals surface area contributed by atoms with Crippen LogP contribution in [0.4, 0.5) is 8.87 Å². The number of fused-ring (bicyclic) bond motifs is 6. The Morgan fingerprint density at radius 3 is 1.89 bits per heavy atom. The number of ether oxygens (including phenoxy) is 1. The fourth-order valence-corrected chi connectivity index (χ4v) is 9.98. The fourth-order valence-electron chi connectivity index (χ4n) is 9.98. The molecule has 2 heterocycles. The number of halogens is 2. The highest BCUT2D eigenvalue weighted by atomic mass is 19.2. The van der Waals surface area contributed by atoms with Crippen LogP contribution in [-0.4, -0.2) is 49.5 Å². The normalized spacial score (nSPS) is 16.8. The number of esters is 2. The molecule has 9 nitrogen and oxygen atoms in total. The van der Waals surface area contributed by atoms with E-state index in [-0.39, 0.29) is 37.3 Å². The second-order valence-electron chi connectivity index (χ2n) is 17.5. The smallest absolute Gasteiger partial charge is 0.333 e. The Bertz CT molecular complexity index is 2870. The van der Waals surface area contributed by atoms with Gasteiger partial charge in [-0.3, -0.25) is 9.59 Å². The molecule has 0 saturated heterocycles. The van der Waals surface area contributed by atoms with Gasteiger partial charge < -0.3 is 18.8 Å². The quantitative estimate of drug-likeness (QED) is 0.0655. The van der Waals surface area contributed by atoms with Crippen LogP contribution >= 0.6 is 0 Å². The predicted octanol–water partition coefficient (Wildman–Crippen LogP) is 9.29. The van der Waals surface area contributed by atoms with E-state index in [0.717, 1.165) is 55.4 Å². The lowest BCUT2D eigenvalue weighted by molar-refractivity contribution is -0.161. The molecule has 64 heavy (non-hydrogen) atoms. The standard InChI is InChI=1S/C53H50F2N4O5/c1-53(52(63)59(55)33-38-15-6-3-7-16-38)27-25-48-44(31-53)42-20-9-11-22-46(42)58(48)35-50(61)64-49(60)34-57-45-21-10-8-19-41(45)43-30-39(23-24-47(43)57)51(62)56(32-37-13-4-2-5-14-37)28-26-36-17-12-18-40(54)29-36/h2-22,29,39H,23-28,30-35H2,1H3. The number of hydrogen-bond donors (Lipinski definition) is 0. The number of carbonyl (C=O) groups is 4. The van der Waals surface area contributed by atoms with E-state index in [2.05, 4.69) is 0 Å². The van der Waals surface area contributed by atoms with Gasteiger partial charge in [-0.25, -0.2) is 14.0 Å². The number of aromatic nitrogens is 2. The van der Waals surface area contributed by atoms with Crippen LogP contribution in [-0.2, 0) is 82.2 Å². The Labute approximate surface area is 370 Å². The molecule has 2 atom stereocenters. The van der Waals surface area contributed by atoms with E-state index in [4.69, 9.17) is 4.74 Å². The van der Waals surface area contributed by atoms with Crippen molar-refractivity contribution in [2.75, 3.05) is 6.54 Å². The fraction of sp³-hybridized carbons (Fsp3) is 0.283. The van der Waals surface area contributed by atoms with E-state index in [1.165, 1.54) is 12.1 Å². The summed E-state index contributed by atoms with van der Waals surface area (Å²) in [6, 6.07) is 40.8. The third-order valence-electron chi connectivity index (χ3n) is 13.2. The second-order valence-corrected chi connectivity index (χ2v) is 17.5. The zero-order chi connectivity index (χ0) is 44.4. The van der Waals surface area contributed by atoms with E-state index in [1.54, 1.807) is 25.1 Å². The molecule has 0 fully saturated rings. The van der Waals surface area contributed by atoms with E-state index in [1.807, 2.05) is 117 Å². The molecule has 0 bridgehead atoms. The van der Waals surface area contributed by atoms with Crippen molar-refractivity contribution in [3.8, 4) is 0 Å². The molecular formula is C53H50F2N4O5. The largest absolute Gasteiger partial charge is 0.390 e. The Morgan fingerprint density at radius 1 is 0.688 bits per heavy atom. The van der Waals surface area contributed by atoms with Gasteiger partial charge in [0.1, 0.15) is 18.9 Å². The average molecular weight is 861 g/mol. The minimum absolute atomic E-state index is 0.0381. The predicted molar refractivity (Wildman–Crippen MR) is 241 cm³/mol. The van der Waals surface area contributed by atoms with Crippen LogP contribution in [0.2, 0.25) is 0 Å². The van der Waals surface area contributed by atoms with Crippen molar-refractivity contribution in [2.45, 2.75) is 78.0 Å². The van der Waals surface area contributed by atoms with Crippen molar-refractivity contribution in [1.82, 2.24) is 19.2 Å². The molecule has 326 valence electrons. The maximum Gasteiger partial charge on any atom is 0.333 e. The molecule has 0 saturated carbocycles. The van der Waals surface area contributed by atoms with Gasteiger partial charge in [-0.05, 0) is 97.0 Å². The van der Waals surface area contributed by atoms with Crippen LogP contribution in [0.1, 0.15) is 59.0 Å². The van der Waals surface area contributed by atoms with Gasteiger partial charge in [-0.2, -0.15) is 5.12 Å². The first-order valence-corrected chi connectivity index (χ1v) is 22.0. The van der Waals surface area contributed by atoms with E-state index < -0.39 is 23.3 Å². The van der Waals surface area contributed by atoms with Gasteiger partial charge in [0.05, 0.1) is 12.0 Å². The SMILES string of the molecule is CC1(C(=O)N(F)Cc2ccccc2)CCc2c(c3ccccc3n2CC(=O)OC(=O)Cn2c3c(c4ccccc42)CC(C(=O)N(CCc2cccc(F)c2)Cc2ccccc2)CC3)C1. The Kier molecular flexibility index (Phi) is 12.0. The first-order valence-electron chi connectivity index (χ1n) is 22.0. The van der Waals surface area contributed by atoms with E-state index >= 15 is 4.48 Å². The number of para-hydroxylation sites is 2. The summed E-state index contributed by atoms with van der Waals surface area (Å²) < 4.78 is 38.8. The highest BCUT2D eigenvalue weighted by Gasteiger charge is 2.42. The number of amides is 2. The number of nitrogens with zero attached hydrogens (tertiary/aromatic N) is 4. The van der Waals surface area contributed by atoms with Crippen molar-refractivity contribution in [3.63, 3.8) is 0 Å². The molecular weight excluding hydrogens is 811 g/mol. The number of carbonyl (C=O) groups excluding carboxylic acids is 4.